The molecule has 0 atom stereocenters. The average Bonchev–Trinajstić information content (AvgIpc) is 2.25. The van der Waals surface area contributed by atoms with Crippen LogP contribution in [-0.4, -0.2) is 18.6 Å². The topological polar surface area (TPSA) is 64.4 Å². The predicted molar refractivity (Wildman–Crippen MR) is 57.0 cm³/mol. The van der Waals surface area contributed by atoms with E-state index in [1.54, 1.807) is 6.07 Å². The molecule has 0 fully saturated rings. The summed E-state index contributed by atoms with van der Waals surface area (Å²) in [6, 6.07) is 4.58. The number of nitrogens with zero attached hydrogens (tertiary/aromatic N) is 1. The fraction of sp³-hybridized carbons (Fsp3) is 0.200. The van der Waals surface area contributed by atoms with Crippen LogP contribution in [0.5, 0.6) is 5.75 Å². The number of nitrogens with one attached hydrogen (secondary N) is 1. The summed E-state index contributed by atoms with van der Waals surface area (Å²) in [5, 5.41) is 13.5. The normalized spacial score (nSPS) is 9.07. The summed E-state index contributed by atoms with van der Waals surface area (Å²) in [6.45, 7) is 0.323. The molecule has 5 heteroatoms. The van der Waals surface area contributed by atoms with Crippen LogP contribution in [0.2, 0.25) is 0 Å². The second kappa shape index (κ2) is 4.86. The largest absolute Gasteiger partial charge is 0.490 e. The Hall–Kier alpha value is -2.22. The molecular formula is C10H10N2O3. The molecule has 0 saturated carbocycles. The predicted octanol–water partition coefficient (Wildman–Crippen LogP) is 1.65. The van der Waals surface area contributed by atoms with E-state index in [9.17, 15) is 10.1 Å². The molecular weight excluding hydrogens is 196 g/mol. The first-order chi connectivity index (χ1) is 7.19. The Morgan fingerprint density at radius 2 is 2.40 bits per heavy atom. The van der Waals surface area contributed by atoms with E-state index in [4.69, 9.17) is 11.2 Å². The Balaban J connectivity index is 3.00. The molecule has 0 heterocycles. The maximum atomic E-state index is 10.7. The highest BCUT2D eigenvalue weighted by atomic mass is 16.6. The standard InChI is InChI=1S/C10H10N2O3/c1-3-6-11-8-4-5-10(15-2)9(7-8)12(13)14/h1,4-5,7,11H,6H2,2H3. The van der Waals surface area contributed by atoms with Gasteiger partial charge in [-0.25, -0.2) is 0 Å². The molecule has 0 radical (unpaired) electrons. The zero-order valence-electron chi connectivity index (χ0n) is 8.19. The first-order valence-electron chi connectivity index (χ1n) is 4.18. The van der Waals surface area contributed by atoms with Gasteiger partial charge in [-0.2, -0.15) is 0 Å². The first-order valence-corrected chi connectivity index (χ1v) is 4.18. The van der Waals surface area contributed by atoms with Crippen molar-refractivity contribution in [1.29, 1.82) is 0 Å². The summed E-state index contributed by atoms with van der Waals surface area (Å²) >= 11 is 0. The minimum atomic E-state index is -0.500. The van der Waals surface area contributed by atoms with Crippen molar-refractivity contribution in [1.82, 2.24) is 0 Å². The number of ether oxygens (including phenoxy) is 1. The third-order valence-electron chi connectivity index (χ3n) is 1.77. The van der Waals surface area contributed by atoms with Crippen molar-refractivity contribution in [2.75, 3.05) is 19.0 Å². The summed E-state index contributed by atoms with van der Waals surface area (Å²) < 4.78 is 4.86. The Labute approximate surface area is 87.2 Å². The van der Waals surface area contributed by atoms with Gasteiger partial charge in [-0.15, -0.1) is 6.42 Å². The lowest BCUT2D eigenvalue weighted by Crippen LogP contribution is -2.00. The molecule has 0 aliphatic carbocycles. The molecule has 1 rings (SSSR count). The van der Waals surface area contributed by atoms with Gasteiger partial charge in [0.15, 0.2) is 5.75 Å². The van der Waals surface area contributed by atoms with Crippen molar-refractivity contribution in [3.05, 3.63) is 28.3 Å². The summed E-state index contributed by atoms with van der Waals surface area (Å²) in [5.41, 5.74) is 0.514. The minimum Gasteiger partial charge on any atom is -0.490 e. The fourth-order valence-electron chi connectivity index (χ4n) is 1.10. The zero-order chi connectivity index (χ0) is 11.3. The highest BCUT2D eigenvalue weighted by Crippen LogP contribution is 2.29. The molecule has 5 nitrogen and oxygen atoms in total. The number of benzene rings is 1. The van der Waals surface area contributed by atoms with E-state index in [2.05, 4.69) is 11.2 Å². The quantitative estimate of drug-likeness (QED) is 0.462. The van der Waals surface area contributed by atoms with Gasteiger partial charge in [0.2, 0.25) is 0 Å². The number of nitro groups is 1. The van der Waals surface area contributed by atoms with Crippen LogP contribution >= 0.6 is 0 Å². The van der Waals surface area contributed by atoms with Crippen LogP contribution in [0, 0.1) is 22.5 Å². The molecule has 0 saturated heterocycles. The fourth-order valence-corrected chi connectivity index (χ4v) is 1.10. The Bertz CT molecular complexity index is 410. The van der Waals surface area contributed by atoms with E-state index in [1.165, 1.54) is 19.2 Å². The van der Waals surface area contributed by atoms with Gasteiger partial charge in [-0.05, 0) is 12.1 Å². The van der Waals surface area contributed by atoms with Crippen molar-refractivity contribution >= 4 is 11.4 Å². The number of nitro benzene ring substituents is 1. The molecule has 0 amide bonds. The van der Waals surface area contributed by atoms with Crippen LogP contribution in [0.4, 0.5) is 11.4 Å². The Morgan fingerprint density at radius 1 is 1.67 bits per heavy atom. The van der Waals surface area contributed by atoms with Crippen LogP contribution in [0.1, 0.15) is 0 Å². The molecule has 0 aliphatic rings. The van der Waals surface area contributed by atoms with Gasteiger partial charge in [0, 0.05) is 11.8 Å². The third kappa shape index (κ3) is 2.61. The van der Waals surface area contributed by atoms with Crippen molar-refractivity contribution in [3.8, 4) is 18.1 Å². The van der Waals surface area contributed by atoms with E-state index < -0.39 is 4.92 Å². The summed E-state index contributed by atoms with van der Waals surface area (Å²) in [5.74, 6) is 2.61. The minimum absolute atomic E-state index is 0.0838. The zero-order valence-corrected chi connectivity index (χ0v) is 8.19. The number of hydrogen-bond donors (Lipinski definition) is 1. The molecule has 1 aromatic carbocycles. The maximum Gasteiger partial charge on any atom is 0.312 e. The van der Waals surface area contributed by atoms with Gasteiger partial charge < -0.3 is 10.1 Å². The van der Waals surface area contributed by atoms with Gasteiger partial charge in [-0.3, -0.25) is 10.1 Å². The van der Waals surface area contributed by atoms with Gasteiger partial charge in [0.05, 0.1) is 18.6 Å². The molecule has 1 N–H and O–H groups in total. The van der Waals surface area contributed by atoms with E-state index >= 15 is 0 Å². The summed E-state index contributed by atoms with van der Waals surface area (Å²) in [7, 11) is 1.39. The lowest BCUT2D eigenvalue weighted by molar-refractivity contribution is -0.385. The van der Waals surface area contributed by atoms with Crippen LogP contribution in [-0.2, 0) is 0 Å². The van der Waals surface area contributed by atoms with E-state index in [0.29, 0.717) is 12.2 Å². The molecule has 0 unspecified atom stereocenters. The number of hydrogen-bond acceptors (Lipinski definition) is 4. The first kappa shape index (κ1) is 10.9. The van der Waals surface area contributed by atoms with Crippen molar-refractivity contribution in [3.63, 3.8) is 0 Å². The molecule has 0 spiro atoms. The number of rotatable bonds is 4. The maximum absolute atomic E-state index is 10.7. The molecule has 1 aromatic rings. The van der Waals surface area contributed by atoms with Crippen LogP contribution in [0.3, 0.4) is 0 Å². The van der Waals surface area contributed by atoms with Gasteiger partial charge in [0.25, 0.3) is 0 Å². The summed E-state index contributed by atoms with van der Waals surface area (Å²) in [4.78, 5) is 10.2. The second-order valence-corrected chi connectivity index (χ2v) is 2.70. The molecule has 0 aliphatic heterocycles. The van der Waals surface area contributed by atoms with Gasteiger partial charge >= 0.3 is 5.69 Å². The lowest BCUT2D eigenvalue weighted by Gasteiger charge is -2.05. The monoisotopic (exact) mass is 206 g/mol. The van der Waals surface area contributed by atoms with E-state index in [0.717, 1.165) is 0 Å². The van der Waals surface area contributed by atoms with Gasteiger partial charge in [0.1, 0.15) is 0 Å². The lowest BCUT2D eigenvalue weighted by atomic mass is 10.2. The van der Waals surface area contributed by atoms with Crippen LogP contribution in [0.25, 0.3) is 0 Å². The molecule has 0 bridgehead atoms. The highest BCUT2D eigenvalue weighted by Gasteiger charge is 2.14. The van der Waals surface area contributed by atoms with E-state index in [1.807, 2.05) is 0 Å². The summed E-state index contributed by atoms with van der Waals surface area (Å²) in [6.07, 6.45) is 5.06. The van der Waals surface area contributed by atoms with Gasteiger partial charge in [-0.1, -0.05) is 5.92 Å². The van der Waals surface area contributed by atoms with Crippen LogP contribution < -0.4 is 10.1 Å². The van der Waals surface area contributed by atoms with E-state index in [-0.39, 0.29) is 11.4 Å². The molecule has 0 aromatic heterocycles. The van der Waals surface area contributed by atoms with Crippen molar-refractivity contribution in [2.24, 2.45) is 0 Å². The Morgan fingerprint density at radius 3 is 2.93 bits per heavy atom. The smallest absolute Gasteiger partial charge is 0.312 e. The van der Waals surface area contributed by atoms with Crippen molar-refractivity contribution in [2.45, 2.75) is 0 Å². The molecule has 78 valence electrons. The van der Waals surface area contributed by atoms with Crippen molar-refractivity contribution < 1.29 is 9.66 Å². The second-order valence-electron chi connectivity index (χ2n) is 2.70. The Kier molecular flexibility index (Phi) is 3.52. The number of anilines is 1. The average molecular weight is 206 g/mol. The highest BCUT2D eigenvalue weighted by molar-refractivity contribution is 5.58. The molecule has 15 heavy (non-hydrogen) atoms. The number of methoxy groups -OCH3 is 1. The SMILES string of the molecule is C#CCNc1ccc(OC)c([N+](=O)[O-])c1. The third-order valence-corrected chi connectivity index (χ3v) is 1.77. The van der Waals surface area contributed by atoms with Crippen LogP contribution in [0.15, 0.2) is 18.2 Å². The number of terminal acetylenes is 1.